The van der Waals surface area contributed by atoms with E-state index < -0.39 is 0 Å². The van der Waals surface area contributed by atoms with Gasteiger partial charge in [0.1, 0.15) is 11.5 Å². The molecule has 20 heavy (non-hydrogen) atoms. The third-order valence-electron chi connectivity index (χ3n) is 2.88. The minimum Gasteiger partial charge on any atom is -0.409 e. The van der Waals surface area contributed by atoms with E-state index in [1.165, 1.54) is 12.1 Å². The Morgan fingerprint density at radius 1 is 1.40 bits per heavy atom. The molecule has 0 aliphatic rings. The number of oxime groups is 1. The monoisotopic (exact) mass is 274 g/mol. The molecule has 6 heteroatoms. The summed E-state index contributed by atoms with van der Waals surface area (Å²) in [4.78, 5) is 3.99. The van der Waals surface area contributed by atoms with E-state index in [-0.39, 0.29) is 11.7 Å². The number of amidine groups is 1. The van der Waals surface area contributed by atoms with Gasteiger partial charge in [-0.2, -0.15) is 0 Å². The molecule has 104 valence electrons. The Labute approximate surface area is 116 Å². The zero-order chi connectivity index (χ0) is 14.5. The topological polar surface area (TPSA) is 83.5 Å². The van der Waals surface area contributed by atoms with Crippen molar-refractivity contribution in [3.05, 3.63) is 59.2 Å². The molecule has 0 aliphatic carbocycles. The standard InChI is InChI=1S/C14H15FN4O/c1-9-2-3-11(15)7-12(9)18-8-10-4-5-17-13(6-10)14(16)19-20/h2-7,18,20H,8H2,1H3,(H2,16,19). The zero-order valence-electron chi connectivity index (χ0n) is 11.0. The van der Waals surface area contributed by atoms with Crippen LogP contribution in [0.15, 0.2) is 41.7 Å². The van der Waals surface area contributed by atoms with Crippen molar-refractivity contribution in [1.29, 1.82) is 0 Å². The summed E-state index contributed by atoms with van der Waals surface area (Å²) in [5.74, 6) is -0.334. The molecule has 1 heterocycles. The Balaban J connectivity index is 2.13. The average Bonchev–Trinajstić information content (AvgIpc) is 2.47. The maximum absolute atomic E-state index is 13.2. The van der Waals surface area contributed by atoms with E-state index in [4.69, 9.17) is 10.9 Å². The number of halogens is 1. The second-order valence-corrected chi connectivity index (χ2v) is 4.35. The smallest absolute Gasteiger partial charge is 0.188 e. The quantitative estimate of drug-likeness (QED) is 0.345. The number of nitrogens with two attached hydrogens (primary N) is 1. The van der Waals surface area contributed by atoms with Crippen LogP contribution in [-0.4, -0.2) is 16.0 Å². The molecule has 5 nitrogen and oxygen atoms in total. The van der Waals surface area contributed by atoms with Gasteiger partial charge in [-0.15, -0.1) is 0 Å². The highest BCUT2D eigenvalue weighted by Gasteiger charge is 2.04. The van der Waals surface area contributed by atoms with Crippen LogP contribution in [0, 0.1) is 12.7 Å². The largest absolute Gasteiger partial charge is 0.409 e. The van der Waals surface area contributed by atoms with Crippen LogP contribution in [0.1, 0.15) is 16.8 Å². The Morgan fingerprint density at radius 2 is 2.20 bits per heavy atom. The van der Waals surface area contributed by atoms with E-state index in [0.29, 0.717) is 12.2 Å². The number of rotatable bonds is 4. The SMILES string of the molecule is Cc1ccc(F)cc1NCc1ccnc(C(N)=NO)c1. The highest BCUT2D eigenvalue weighted by Crippen LogP contribution is 2.17. The highest BCUT2D eigenvalue weighted by atomic mass is 19.1. The van der Waals surface area contributed by atoms with Crippen molar-refractivity contribution in [2.45, 2.75) is 13.5 Å². The Bertz CT molecular complexity index is 643. The molecule has 0 aliphatic heterocycles. The fourth-order valence-electron chi connectivity index (χ4n) is 1.76. The van der Waals surface area contributed by atoms with Gasteiger partial charge in [0.25, 0.3) is 0 Å². The lowest BCUT2D eigenvalue weighted by Gasteiger charge is -2.10. The molecule has 2 rings (SSSR count). The van der Waals surface area contributed by atoms with Crippen molar-refractivity contribution >= 4 is 11.5 Å². The maximum Gasteiger partial charge on any atom is 0.188 e. The fourth-order valence-corrected chi connectivity index (χ4v) is 1.76. The van der Waals surface area contributed by atoms with Crippen LogP contribution in [0.4, 0.5) is 10.1 Å². The molecule has 0 fully saturated rings. The molecule has 4 N–H and O–H groups in total. The van der Waals surface area contributed by atoms with E-state index in [0.717, 1.165) is 16.8 Å². The van der Waals surface area contributed by atoms with Crippen LogP contribution >= 0.6 is 0 Å². The van der Waals surface area contributed by atoms with E-state index in [1.807, 2.05) is 6.92 Å². The minimum absolute atomic E-state index is 0.0474. The number of nitrogens with zero attached hydrogens (tertiary/aromatic N) is 2. The van der Waals surface area contributed by atoms with Gasteiger partial charge in [-0.05, 0) is 42.3 Å². The van der Waals surface area contributed by atoms with Gasteiger partial charge in [-0.1, -0.05) is 11.2 Å². The summed E-state index contributed by atoms with van der Waals surface area (Å²) in [6.07, 6.45) is 1.57. The molecular formula is C14H15FN4O. The van der Waals surface area contributed by atoms with Crippen molar-refractivity contribution in [2.75, 3.05) is 5.32 Å². The molecule has 1 aromatic carbocycles. The maximum atomic E-state index is 13.2. The van der Waals surface area contributed by atoms with E-state index in [9.17, 15) is 4.39 Å². The number of aromatic nitrogens is 1. The summed E-state index contributed by atoms with van der Waals surface area (Å²) in [6.45, 7) is 2.38. The number of aryl methyl sites for hydroxylation is 1. The molecule has 2 aromatic rings. The number of nitrogens with one attached hydrogen (secondary N) is 1. The van der Waals surface area contributed by atoms with Crippen LogP contribution in [0.25, 0.3) is 0 Å². The summed E-state index contributed by atoms with van der Waals surface area (Å²) >= 11 is 0. The van der Waals surface area contributed by atoms with Crippen molar-refractivity contribution < 1.29 is 9.60 Å². The van der Waals surface area contributed by atoms with Crippen LogP contribution in [0.3, 0.4) is 0 Å². The zero-order valence-corrected chi connectivity index (χ0v) is 11.0. The Hall–Kier alpha value is -2.63. The Morgan fingerprint density at radius 3 is 2.95 bits per heavy atom. The second-order valence-electron chi connectivity index (χ2n) is 4.35. The van der Waals surface area contributed by atoms with Gasteiger partial charge in [0, 0.05) is 18.4 Å². The first-order chi connectivity index (χ1) is 9.60. The predicted octanol–water partition coefficient (Wildman–Crippen LogP) is 2.24. The number of anilines is 1. The molecule has 1 aromatic heterocycles. The molecular weight excluding hydrogens is 259 g/mol. The molecule has 0 radical (unpaired) electrons. The van der Waals surface area contributed by atoms with E-state index in [2.05, 4.69) is 15.5 Å². The van der Waals surface area contributed by atoms with Gasteiger partial charge in [0.15, 0.2) is 5.84 Å². The van der Waals surface area contributed by atoms with E-state index in [1.54, 1.807) is 24.4 Å². The normalized spacial score (nSPS) is 11.4. The molecule has 0 spiro atoms. The number of pyridine rings is 1. The van der Waals surface area contributed by atoms with E-state index >= 15 is 0 Å². The second kappa shape index (κ2) is 6.01. The third kappa shape index (κ3) is 3.23. The lowest BCUT2D eigenvalue weighted by Crippen LogP contribution is -2.15. The molecule has 0 unspecified atom stereocenters. The van der Waals surface area contributed by atoms with Gasteiger partial charge in [-0.25, -0.2) is 4.39 Å². The molecule has 0 amide bonds. The summed E-state index contributed by atoms with van der Waals surface area (Å²) in [5, 5.41) is 14.7. The van der Waals surface area contributed by atoms with Crippen molar-refractivity contribution in [2.24, 2.45) is 10.9 Å². The van der Waals surface area contributed by atoms with Crippen LogP contribution in [-0.2, 0) is 6.54 Å². The first kappa shape index (κ1) is 13.8. The van der Waals surface area contributed by atoms with Crippen LogP contribution in [0.5, 0.6) is 0 Å². The predicted molar refractivity (Wildman–Crippen MR) is 75.2 cm³/mol. The molecule has 0 saturated carbocycles. The van der Waals surface area contributed by atoms with Crippen molar-refractivity contribution in [3.63, 3.8) is 0 Å². The minimum atomic E-state index is -0.287. The number of hydrogen-bond acceptors (Lipinski definition) is 4. The molecule has 0 atom stereocenters. The van der Waals surface area contributed by atoms with Gasteiger partial charge in [0.05, 0.1) is 0 Å². The third-order valence-corrected chi connectivity index (χ3v) is 2.88. The van der Waals surface area contributed by atoms with Crippen LogP contribution < -0.4 is 11.1 Å². The summed E-state index contributed by atoms with van der Waals surface area (Å²) in [6, 6.07) is 8.09. The molecule has 0 bridgehead atoms. The lowest BCUT2D eigenvalue weighted by atomic mass is 10.1. The Kier molecular flexibility index (Phi) is 4.14. The summed E-state index contributed by atoms with van der Waals surface area (Å²) < 4.78 is 13.2. The first-order valence-electron chi connectivity index (χ1n) is 6.03. The van der Waals surface area contributed by atoms with Crippen molar-refractivity contribution in [3.8, 4) is 0 Å². The lowest BCUT2D eigenvalue weighted by molar-refractivity contribution is 0.318. The summed E-state index contributed by atoms with van der Waals surface area (Å²) in [5.41, 5.74) is 8.45. The van der Waals surface area contributed by atoms with Gasteiger partial charge in [-0.3, -0.25) is 4.98 Å². The number of hydrogen-bond donors (Lipinski definition) is 3. The number of benzene rings is 1. The average molecular weight is 274 g/mol. The van der Waals surface area contributed by atoms with Gasteiger partial charge < -0.3 is 16.3 Å². The first-order valence-corrected chi connectivity index (χ1v) is 6.03. The van der Waals surface area contributed by atoms with Crippen molar-refractivity contribution in [1.82, 2.24) is 4.98 Å². The highest BCUT2D eigenvalue weighted by molar-refractivity contribution is 5.95. The van der Waals surface area contributed by atoms with Gasteiger partial charge in [0.2, 0.25) is 0 Å². The molecule has 0 saturated heterocycles. The summed E-state index contributed by atoms with van der Waals surface area (Å²) in [7, 11) is 0. The van der Waals surface area contributed by atoms with Crippen LogP contribution in [0.2, 0.25) is 0 Å². The van der Waals surface area contributed by atoms with Gasteiger partial charge >= 0.3 is 0 Å². The fraction of sp³-hybridized carbons (Fsp3) is 0.143.